The van der Waals surface area contributed by atoms with Crippen molar-refractivity contribution in [3.8, 4) is 5.75 Å². The Hall–Kier alpha value is -3.49. The van der Waals surface area contributed by atoms with Crippen LogP contribution in [0.1, 0.15) is 29.3 Å². The number of aromatic nitrogens is 1. The van der Waals surface area contributed by atoms with Crippen LogP contribution in [0, 0.1) is 10.1 Å². The molecule has 1 aliphatic heterocycles. The number of aromatic carboxylic acids is 1. The van der Waals surface area contributed by atoms with Crippen LogP contribution in [0.25, 0.3) is 0 Å². The maximum absolute atomic E-state index is 12.7. The zero-order valence-corrected chi connectivity index (χ0v) is 13.8. The average Bonchev–Trinajstić information content (AvgIpc) is 2.63. The van der Waals surface area contributed by atoms with E-state index in [0.29, 0.717) is 12.0 Å². The number of fused-ring (bicyclic) bond motifs is 1. The Balaban J connectivity index is 2.03. The Morgan fingerprint density at radius 3 is 2.81 bits per heavy atom. The average molecular weight is 357 g/mol. The third-order valence-electron chi connectivity index (χ3n) is 3.96. The quantitative estimate of drug-likeness (QED) is 0.643. The molecule has 0 aliphatic carbocycles. The van der Waals surface area contributed by atoms with E-state index in [1.54, 1.807) is 19.1 Å². The largest absolute Gasteiger partial charge is 0.478 e. The first kappa shape index (κ1) is 17.3. The number of carbonyl (C=O) groups is 2. The molecule has 1 aliphatic rings. The summed E-state index contributed by atoms with van der Waals surface area (Å²) in [7, 11) is 0. The number of nitro groups is 1. The molecule has 1 N–H and O–H groups in total. The maximum atomic E-state index is 12.7. The molecule has 0 spiro atoms. The Kier molecular flexibility index (Phi) is 4.53. The first-order valence-electron chi connectivity index (χ1n) is 7.86. The van der Waals surface area contributed by atoms with Gasteiger partial charge >= 0.3 is 11.8 Å². The van der Waals surface area contributed by atoms with Gasteiger partial charge in [-0.3, -0.25) is 9.69 Å². The maximum Gasteiger partial charge on any atom is 0.366 e. The highest BCUT2D eigenvalue weighted by atomic mass is 16.6. The van der Waals surface area contributed by atoms with E-state index in [9.17, 15) is 19.7 Å². The molecule has 1 unspecified atom stereocenters. The SMILES string of the molecule is CCC1Oc2ccc([N+](=O)[O-])nc2N(Cc2cccc(C(=O)O)c2)C1=O. The van der Waals surface area contributed by atoms with Gasteiger partial charge in [0.05, 0.1) is 12.1 Å². The fourth-order valence-corrected chi connectivity index (χ4v) is 2.69. The number of nitrogens with zero attached hydrogens (tertiary/aromatic N) is 3. The zero-order valence-electron chi connectivity index (χ0n) is 13.8. The summed E-state index contributed by atoms with van der Waals surface area (Å²) in [4.78, 5) is 39.4. The highest BCUT2D eigenvalue weighted by Crippen LogP contribution is 2.35. The van der Waals surface area contributed by atoms with E-state index in [2.05, 4.69) is 4.98 Å². The van der Waals surface area contributed by atoms with Gasteiger partial charge in [-0.25, -0.2) is 4.79 Å². The highest BCUT2D eigenvalue weighted by molar-refractivity contribution is 5.99. The molecule has 0 saturated carbocycles. The molecule has 2 heterocycles. The molecule has 0 bridgehead atoms. The van der Waals surface area contributed by atoms with E-state index in [1.807, 2.05) is 0 Å². The standard InChI is InChI=1S/C17H15N3O6/c1-2-12-16(21)19(9-10-4-3-5-11(8-10)17(22)23)15-13(26-12)6-7-14(18-15)20(24)25/h3-8,12H,2,9H2,1H3,(H,22,23). The van der Waals surface area contributed by atoms with Crippen molar-refractivity contribution in [2.45, 2.75) is 26.0 Å². The Bertz CT molecular complexity index is 898. The van der Waals surface area contributed by atoms with Gasteiger partial charge in [0.15, 0.2) is 11.9 Å². The van der Waals surface area contributed by atoms with Crippen molar-refractivity contribution in [1.82, 2.24) is 4.98 Å². The summed E-state index contributed by atoms with van der Waals surface area (Å²) < 4.78 is 5.59. The number of carboxylic acid groups (broad SMARTS) is 1. The number of pyridine rings is 1. The number of hydrogen-bond acceptors (Lipinski definition) is 6. The number of amides is 1. The highest BCUT2D eigenvalue weighted by Gasteiger charge is 2.38. The normalized spacial score (nSPS) is 16.0. The molecule has 26 heavy (non-hydrogen) atoms. The zero-order chi connectivity index (χ0) is 18.8. The van der Waals surface area contributed by atoms with Gasteiger partial charge in [-0.1, -0.05) is 19.1 Å². The molecule has 134 valence electrons. The molecule has 1 aromatic heterocycles. The molecule has 0 fully saturated rings. The summed E-state index contributed by atoms with van der Waals surface area (Å²) in [6.07, 6.45) is -0.311. The molecule has 1 amide bonds. The number of ether oxygens (including phenoxy) is 1. The second-order valence-electron chi connectivity index (χ2n) is 5.69. The molecule has 9 heteroatoms. The van der Waals surface area contributed by atoms with Crippen molar-refractivity contribution in [3.63, 3.8) is 0 Å². The van der Waals surface area contributed by atoms with Gasteiger partial charge in [0.2, 0.25) is 0 Å². The Morgan fingerprint density at radius 1 is 1.38 bits per heavy atom. The second kappa shape index (κ2) is 6.79. The van der Waals surface area contributed by atoms with E-state index in [4.69, 9.17) is 9.84 Å². The van der Waals surface area contributed by atoms with Gasteiger partial charge in [-0.05, 0) is 40.1 Å². The Morgan fingerprint density at radius 2 is 2.15 bits per heavy atom. The number of hydrogen-bond donors (Lipinski definition) is 1. The van der Waals surface area contributed by atoms with E-state index in [1.165, 1.54) is 29.2 Å². The lowest BCUT2D eigenvalue weighted by molar-refractivity contribution is -0.389. The topological polar surface area (TPSA) is 123 Å². The van der Waals surface area contributed by atoms with Crippen LogP contribution in [0.4, 0.5) is 11.6 Å². The van der Waals surface area contributed by atoms with Gasteiger partial charge in [0, 0.05) is 6.07 Å². The molecule has 1 atom stereocenters. The molecular weight excluding hydrogens is 342 g/mol. The molecule has 1 aromatic carbocycles. The van der Waals surface area contributed by atoms with Crippen molar-refractivity contribution < 1.29 is 24.4 Å². The van der Waals surface area contributed by atoms with Crippen LogP contribution >= 0.6 is 0 Å². The molecule has 2 aromatic rings. The first-order chi connectivity index (χ1) is 12.4. The van der Waals surface area contributed by atoms with E-state index in [0.717, 1.165) is 0 Å². The number of carboxylic acids is 1. The monoisotopic (exact) mass is 357 g/mol. The lowest BCUT2D eigenvalue weighted by atomic mass is 10.1. The van der Waals surface area contributed by atoms with Gasteiger partial charge in [0.1, 0.15) is 0 Å². The Labute approximate surface area is 148 Å². The molecular formula is C17H15N3O6. The summed E-state index contributed by atoms with van der Waals surface area (Å²) in [5.41, 5.74) is 0.650. The lowest BCUT2D eigenvalue weighted by Crippen LogP contribution is -2.45. The molecule has 0 saturated heterocycles. The first-order valence-corrected chi connectivity index (χ1v) is 7.86. The fraction of sp³-hybridized carbons (Fsp3) is 0.235. The van der Waals surface area contributed by atoms with Crippen LogP contribution in [-0.4, -0.2) is 33.0 Å². The van der Waals surface area contributed by atoms with E-state index < -0.39 is 22.8 Å². The van der Waals surface area contributed by atoms with Crippen molar-refractivity contribution >= 4 is 23.5 Å². The fourth-order valence-electron chi connectivity index (χ4n) is 2.69. The molecule has 3 rings (SSSR count). The van der Waals surface area contributed by atoms with Crippen molar-refractivity contribution in [2.24, 2.45) is 0 Å². The van der Waals surface area contributed by atoms with Crippen molar-refractivity contribution in [3.05, 3.63) is 57.6 Å². The minimum Gasteiger partial charge on any atom is -0.478 e. The number of anilines is 1. The summed E-state index contributed by atoms with van der Waals surface area (Å²) in [5.74, 6) is -1.54. The summed E-state index contributed by atoms with van der Waals surface area (Å²) in [6.45, 7) is 1.82. The smallest absolute Gasteiger partial charge is 0.366 e. The minimum absolute atomic E-state index is 0.0288. The minimum atomic E-state index is -1.08. The number of rotatable bonds is 5. The van der Waals surface area contributed by atoms with E-state index in [-0.39, 0.29) is 29.6 Å². The van der Waals surface area contributed by atoms with Crippen LogP contribution in [-0.2, 0) is 11.3 Å². The van der Waals surface area contributed by atoms with Crippen LogP contribution < -0.4 is 9.64 Å². The van der Waals surface area contributed by atoms with Crippen LogP contribution in [0.15, 0.2) is 36.4 Å². The summed E-state index contributed by atoms with van der Waals surface area (Å²) in [6, 6.07) is 8.76. The van der Waals surface area contributed by atoms with Gasteiger partial charge in [0.25, 0.3) is 11.7 Å². The number of benzene rings is 1. The van der Waals surface area contributed by atoms with Crippen molar-refractivity contribution in [2.75, 3.05) is 4.90 Å². The van der Waals surface area contributed by atoms with Gasteiger partial charge in [-0.15, -0.1) is 0 Å². The van der Waals surface area contributed by atoms with Crippen LogP contribution in [0.3, 0.4) is 0 Å². The third-order valence-corrected chi connectivity index (χ3v) is 3.96. The van der Waals surface area contributed by atoms with Gasteiger partial charge < -0.3 is 20.0 Å². The van der Waals surface area contributed by atoms with Crippen molar-refractivity contribution in [1.29, 1.82) is 0 Å². The second-order valence-corrected chi connectivity index (χ2v) is 5.69. The van der Waals surface area contributed by atoms with E-state index >= 15 is 0 Å². The summed E-state index contributed by atoms with van der Waals surface area (Å²) >= 11 is 0. The summed E-state index contributed by atoms with van der Waals surface area (Å²) in [5, 5.41) is 20.1. The van der Waals surface area contributed by atoms with Gasteiger partial charge in [-0.2, -0.15) is 0 Å². The van der Waals surface area contributed by atoms with Crippen LogP contribution in [0.2, 0.25) is 0 Å². The molecule has 9 nitrogen and oxygen atoms in total. The third kappa shape index (κ3) is 3.18. The predicted molar refractivity (Wildman–Crippen MR) is 90.2 cm³/mol. The molecule has 0 radical (unpaired) electrons. The van der Waals surface area contributed by atoms with Crippen LogP contribution in [0.5, 0.6) is 5.75 Å². The number of carbonyl (C=O) groups excluding carboxylic acids is 1. The lowest BCUT2D eigenvalue weighted by Gasteiger charge is -2.30. The predicted octanol–water partition coefficient (Wildman–Crippen LogP) is 2.39.